The second-order valence-electron chi connectivity index (χ2n) is 6.17. The maximum atomic E-state index is 12.7. The number of aromatic nitrogens is 5. The number of tetrazole rings is 1. The largest absolute Gasteiger partial charge is 0.493 e. The third-order valence-electron chi connectivity index (χ3n) is 4.57. The normalized spacial score (nSPS) is 10.9. The van der Waals surface area contributed by atoms with Crippen LogP contribution < -0.4 is 9.47 Å². The molecule has 0 spiro atoms. The van der Waals surface area contributed by atoms with Crippen molar-refractivity contribution in [1.82, 2.24) is 24.8 Å². The summed E-state index contributed by atoms with van der Waals surface area (Å²) in [4.78, 5) is 14.0. The molecule has 0 saturated carbocycles. The van der Waals surface area contributed by atoms with Gasteiger partial charge < -0.3 is 14.0 Å². The van der Waals surface area contributed by atoms with Crippen molar-refractivity contribution in [1.29, 1.82) is 0 Å². The molecule has 2 heterocycles. The molecule has 3 aromatic rings. The zero-order valence-corrected chi connectivity index (χ0v) is 16.2. The van der Waals surface area contributed by atoms with Crippen molar-refractivity contribution in [2.24, 2.45) is 0 Å². The van der Waals surface area contributed by atoms with Crippen LogP contribution in [0.25, 0.3) is 11.4 Å². The summed E-state index contributed by atoms with van der Waals surface area (Å²) in [5, 5.41) is 12.4. The Hall–Kier alpha value is -3.16. The third kappa shape index (κ3) is 3.55. The Morgan fingerprint density at radius 2 is 1.85 bits per heavy atom. The van der Waals surface area contributed by atoms with Gasteiger partial charge in [-0.3, -0.25) is 4.79 Å². The zero-order valence-electron chi connectivity index (χ0n) is 16.2. The second-order valence-corrected chi connectivity index (χ2v) is 6.17. The predicted molar refractivity (Wildman–Crippen MR) is 100 cm³/mol. The number of hydrogen-bond acceptors (Lipinski definition) is 6. The van der Waals surface area contributed by atoms with Crippen LogP contribution in [0.5, 0.6) is 11.5 Å². The van der Waals surface area contributed by atoms with E-state index in [1.165, 1.54) is 4.80 Å². The molecule has 2 aromatic heterocycles. The number of nitrogens with zero attached hydrogens (tertiary/aromatic N) is 5. The summed E-state index contributed by atoms with van der Waals surface area (Å²) in [6.45, 7) is 6.87. The highest BCUT2D eigenvalue weighted by Crippen LogP contribution is 2.30. The number of hydrogen-bond donors (Lipinski definition) is 0. The van der Waals surface area contributed by atoms with Crippen molar-refractivity contribution in [3.63, 3.8) is 0 Å². The molecular formula is C19H23N5O3. The number of aryl methyl sites for hydroxylation is 1. The number of rotatable bonds is 7. The molecule has 27 heavy (non-hydrogen) atoms. The lowest BCUT2D eigenvalue weighted by Crippen LogP contribution is -2.14. The summed E-state index contributed by atoms with van der Waals surface area (Å²) in [7, 11) is 3.14. The first-order chi connectivity index (χ1) is 13.0. The van der Waals surface area contributed by atoms with Gasteiger partial charge in [-0.15, -0.1) is 10.2 Å². The number of ether oxygens (including phenoxy) is 2. The van der Waals surface area contributed by atoms with E-state index >= 15 is 0 Å². The van der Waals surface area contributed by atoms with Gasteiger partial charge in [0.15, 0.2) is 17.3 Å². The molecule has 3 rings (SSSR count). The fourth-order valence-electron chi connectivity index (χ4n) is 3.18. The van der Waals surface area contributed by atoms with Crippen LogP contribution in [0, 0.1) is 13.8 Å². The van der Waals surface area contributed by atoms with Gasteiger partial charge in [0.05, 0.1) is 14.2 Å². The highest BCUT2D eigenvalue weighted by molar-refractivity contribution is 5.97. The number of methoxy groups -OCH3 is 2. The van der Waals surface area contributed by atoms with Crippen molar-refractivity contribution in [3.8, 4) is 22.9 Å². The SMILES string of the molecule is CCn1c(C)cc(C(=O)Cn2nnc(-c3ccc(OC)c(OC)c3)n2)c1C. The lowest BCUT2D eigenvalue weighted by molar-refractivity contribution is 0.0960. The van der Waals surface area contributed by atoms with E-state index in [4.69, 9.17) is 9.47 Å². The van der Waals surface area contributed by atoms with Gasteiger partial charge >= 0.3 is 0 Å². The molecule has 0 aliphatic heterocycles. The van der Waals surface area contributed by atoms with Crippen molar-refractivity contribution >= 4 is 5.78 Å². The van der Waals surface area contributed by atoms with Crippen LogP contribution in [0.3, 0.4) is 0 Å². The first-order valence-electron chi connectivity index (χ1n) is 8.68. The molecule has 0 aliphatic carbocycles. The lowest BCUT2D eigenvalue weighted by atomic mass is 10.1. The van der Waals surface area contributed by atoms with Gasteiger partial charge in [-0.1, -0.05) is 0 Å². The van der Waals surface area contributed by atoms with Crippen molar-refractivity contribution in [2.45, 2.75) is 33.9 Å². The van der Waals surface area contributed by atoms with Gasteiger partial charge in [0.1, 0.15) is 6.54 Å². The predicted octanol–water partition coefficient (Wildman–Crippen LogP) is 2.68. The van der Waals surface area contributed by atoms with E-state index in [-0.39, 0.29) is 12.3 Å². The molecule has 0 N–H and O–H groups in total. The van der Waals surface area contributed by atoms with Crippen LogP contribution in [0.2, 0.25) is 0 Å². The maximum Gasteiger partial charge on any atom is 0.205 e. The molecule has 142 valence electrons. The molecule has 8 nitrogen and oxygen atoms in total. The Morgan fingerprint density at radius 3 is 2.48 bits per heavy atom. The summed E-state index contributed by atoms with van der Waals surface area (Å²) >= 11 is 0. The van der Waals surface area contributed by atoms with Crippen molar-refractivity contribution in [2.75, 3.05) is 14.2 Å². The summed E-state index contributed by atoms with van der Waals surface area (Å²) in [6, 6.07) is 7.28. The van der Waals surface area contributed by atoms with Crippen LogP contribution in [-0.4, -0.2) is 44.8 Å². The lowest BCUT2D eigenvalue weighted by Gasteiger charge is -2.07. The van der Waals surface area contributed by atoms with Gasteiger partial charge in [-0.05, 0) is 50.3 Å². The molecule has 0 unspecified atom stereocenters. The average molecular weight is 369 g/mol. The minimum Gasteiger partial charge on any atom is -0.493 e. The van der Waals surface area contributed by atoms with Crippen LogP contribution in [0.15, 0.2) is 24.3 Å². The number of carbonyl (C=O) groups is 1. The van der Waals surface area contributed by atoms with Gasteiger partial charge in [0.25, 0.3) is 0 Å². The summed E-state index contributed by atoms with van der Waals surface area (Å²) in [6.07, 6.45) is 0. The van der Waals surface area contributed by atoms with Gasteiger partial charge in [-0.25, -0.2) is 0 Å². The standard InChI is InChI=1S/C19H23N5O3/c1-6-23-12(2)9-15(13(23)3)16(25)11-24-21-19(20-22-24)14-7-8-17(26-4)18(10-14)27-5/h7-10H,6,11H2,1-5H3. The molecule has 0 amide bonds. The minimum atomic E-state index is -0.0425. The van der Waals surface area contributed by atoms with E-state index in [0.717, 1.165) is 23.5 Å². The smallest absolute Gasteiger partial charge is 0.205 e. The van der Waals surface area contributed by atoms with Gasteiger partial charge in [-0.2, -0.15) is 4.80 Å². The second kappa shape index (κ2) is 7.61. The number of Topliss-reactive ketones (excluding diaryl/α,β-unsaturated/α-hetero) is 1. The summed E-state index contributed by atoms with van der Waals surface area (Å²) in [5.74, 6) is 1.58. The van der Waals surface area contributed by atoms with Crippen LogP contribution in [0.4, 0.5) is 0 Å². The third-order valence-corrected chi connectivity index (χ3v) is 4.57. The summed E-state index contributed by atoms with van der Waals surface area (Å²) in [5.41, 5.74) is 3.45. The topological polar surface area (TPSA) is 84.1 Å². The number of ketones is 1. The Bertz CT molecular complexity index is 974. The van der Waals surface area contributed by atoms with E-state index in [0.29, 0.717) is 22.9 Å². The molecule has 0 radical (unpaired) electrons. The average Bonchev–Trinajstić information content (AvgIpc) is 3.25. The number of carbonyl (C=O) groups excluding carboxylic acids is 1. The Labute approximate surface area is 157 Å². The first kappa shape index (κ1) is 18.6. The summed E-state index contributed by atoms with van der Waals surface area (Å²) < 4.78 is 12.6. The Morgan fingerprint density at radius 1 is 1.11 bits per heavy atom. The highest BCUT2D eigenvalue weighted by atomic mass is 16.5. The van der Waals surface area contributed by atoms with E-state index in [1.807, 2.05) is 26.0 Å². The molecule has 8 heteroatoms. The van der Waals surface area contributed by atoms with Gasteiger partial charge in [0, 0.05) is 29.1 Å². The molecule has 0 fully saturated rings. The van der Waals surface area contributed by atoms with Crippen LogP contribution in [-0.2, 0) is 13.1 Å². The fourth-order valence-corrected chi connectivity index (χ4v) is 3.18. The fraction of sp³-hybridized carbons (Fsp3) is 0.368. The van der Waals surface area contributed by atoms with Gasteiger partial charge in [0.2, 0.25) is 5.82 Å². The zero-order chi connectivity index (χ0) is 19.6. The van der Waals surface area contributed by atoms with E-state index in [9.17, 15) is 4.79 Å². The highest BCUT2D eigenvalue weighted by Gasteiger charge is 2.17. The maximum absolute atomic E-state index is 12.7. The Balaban J connectivity index is 1.81. The van der Waals surface area contributed by atoms with Crippen LogP contribution in [0.1, 0.15) is 28.7 Å². The quantitative estimate of drug-likeness (QED) is 0.596. The van der Waals surface area contributed by atoms with E-state index in [2.05, 4.69) is 26.9 Å². The Kier molecular flexibility index (Phi) is 5.25. The minimum absolute atomic E-state index is 0.0360. The van der Waals surface area contributed by atoms with Crippen LogP contribution >= 0.6 is 0 Å². The van der Waals surface area contributed by atoms with Crippen molar-refractivity contribution < 1.29 is 14.3 Å². The van der Waals surface area contributed by atoms with Crippen molar-refractivity contribution in [3.05, 3.63) is 41.2 Å². The monoisotopic (exact) mass is 369 g/mol. The molecule has 0 aliphatic rings. The van der Waals surface area contributed by atoms with E-state index < -0.39 is 0 Å². The molecular weight excluding hydrogens is 346 g/mol. The molecule has 0 bridgehead atoms. The molecule has 0 saturated heterocycles. The molecule has 1 aromatic carbocycles. The van der Waals surface area contributed by atoms with E-state index in [1.54, 1.807) is 26.4 Å². The molecule has 0 atom stereocenters. The number of benzene rings is 1. The first-order valence-corrected chi connectivity index (χ1v) is 8.68.